The van der Waals surface area contributed by atoms with Crippen LogP contribution in [0.3, 0.4) is 0 Å². The molecule has 2 aromatic carbocycles. The Labute approximate surface area is 134 Å². The molecule has 21 heavy (non-hydrogen) atoms. The summed E-state index contributed by atoms with van der Waals surface area (Å²) < 4.78 is 13.5. The summed E-state index contributed by atoms with van der Waals surface area (Å²) in [5, 5.41) is 3.47. The molecular formula is C17H19ClFNS. The molecule has 0 spiro atoms. The maximum absolute atomic E-state index is 13.5. The molecule has 0 saturated heterocycles. The lowest BCUT2D eigenvalue weighted by Gasteiger charge is -2.16. The summed E-state index contributed by atoms with van der Waals surface area (Å²) in [7, 11) is 1.94. The molecule has 0 aromatic heterocycles. The molecule has 1 nitrogen and oxygen atoms in total. The van der Waals surface area contributed by atoms with Gasteiger partial charge in [0, 0.05) is 16.7 Å². The van der Waals surface area contributed by atoms with Gasteiger partial charge in [0.1, 0.15) is 5.82 Å². The van der Waals surface area contributed by atoms with Gasteiger partial charge in [-0.15, -0.1) is 11.8 Å². The van der Waals surface area contributed by atoms with Crippen LogP contribution >= 0.6 is 23.4 Å². The molecule has 2 aromatic rings. The highest BCUT2D eigenvalue weighted by atomic mass is 35.5. The van der Waals surface area contributed by atoms with Gasteiger partial charge in [-0.05, 0) is 50.2 Å². The molecule has 0 heterocycles. The van der Waals surface area contributed by atoms with Crippen molar-refractivity contribution < 1.29 is 4.39 Å². The van der Waals surface area contributed by atoms with Gasteiger partial charge in [-0.3, -0.25) is 0 Å². The highest BCUT2D eigenvalue weighted by Gasteiger charge is 2.10. The van der Waals surface area contributed by atoms with Crippen molar-refractivity contribution in [3.8, 4) is 0 Å². The van der Waals surface area contributed by atoms with E-state index in [0.29, 0.717) is 0 Å². The number of nitrogens with one attached hydrogen (secondary N) is 1. The number of benzene rings is 2. The van der Waals surface area contributed by atoms with E-state index in [9.17, 15) is 4.39 Å². The summed E-state index contributed by atoms with van der Waals surface area (Å²) in [4.78, 5) is 1.26. The van der Waals surface area contributed by atoms with Crippen molar-refractivity contribution in [3.05, 3.63) is 64.4 Å². The maximum Gasteiger partial charge on any atom is 0.142 e. The van der Waals surface area contributed by atoms with Crippen molar-refractivity contribution in [2.24, 2.45) is 0 Å². The van der Waals surface area contributed by atoms with Gasteiger partial charge in [-0.1, -0.05) is 35.4 Å². The molecule has 0 aliphatic carbocycles. The van der Waals surface area contributed by atoms with Gasteiger partial charge in [-0.25, -0.2) is 4.39 Å². The minimum absolute atomic E-state index is 0.175. The van der Waals surface area contributed by atoms with Crippen LogP contribution in [-0.4, -0.2) is 18.8 Å². The molecular weight excluding hydrogens is 305 g/mol. The van der Waals surface area contributed by atoms with Crippen LogP contribution in [0.2, 0.25) is 5.02 Å². The lowest BCUT2D eigenvalue weighted by atomic mass is 10.1. The van der Waals surface area contributed by atoms with Crippen LogP contribution in [-0.2, 0) is 6.42 Å². The molecule has 4 heteroatoms. The summed E-state index contributed by atoms with van der Waals surface area (Å²) in [6.07, 6.45) is 0.781. The van der Waals surface area contributed by atoms with Gasteiger partial charge in [0.05, 0.1) is 5.02 Å². The number of hydrogen-bond donors (Lipinski definition) is 1. The van der Waals surface area contributed by atoms with Crippen LogP contribution in [0, 0.1) is 12.7 Å². The fourth-order valence-corrected chi connectivity index (χ4v) is 3.34. The summed E-state index contributed by atoms with van der Waals surface area (Å²) >= 11 is 7.52. The Morgan fingerprint density at radius 1 is 1.24 bits per heavy atom. The molecule has 0 amide bonds. The van der Waals surface area contributed by atoms with Gasteiger partial charge in [-0.2, -0.15) is 0 Å². The Kier molecular flexibility index (Phi) is 6.09. The van der Waals surface area contributed by atoms with Crippen molar-refractivity contribution >= 4 is 23.4 Å². The Balaban J connectivity index is 1.95. The third-order valence-electron chi connectivity index (χ3n) is 3.32. The molecule has 1 atom stereocenters. The van der Waals surface area contributed by atoms with Crippen molar-refractivity contribution in [1.82, 2.24) is 5.32 Å². The largest absolute Gasteiger partial charge is 0.316 e. The number of thioether (sulfide) groups is 1. The third-order valence-corrected chi connectivity index (χ3v) is 4.78. The molecule has 0 fully saturated rings. The minimum Gasteiger partial charge on any atom is -0.316 e. The van der Waals surface area contributed by atoms with Gasteiger partial charge in [0.25, 0.3) is 0 Å². The Morgan fingerprint density at radius 3 is 2.71 bits per heavy atom. The van der Waals surface area contributed by atoms with E-state index in [4.69, 9.17) is 11.6 Å². The second-order valence-electron chi connectivity index (χ2n) is 5.07. The number of aryl methyl sites for hydroxylation is 1. The van der Waals surface area contributed by atoms with Crippen molar-refractivity contribution in [3.63, 3.8) is 0 Å². The van der Waals surface area contributed by atoms with Crippen molar-refractivity contribution in [2.45, 2.75) is 24.3 Å². The average Bonchev–Trinajstić information content (AvgIpc) is 2.47. The molecule has 0 bridgehead atoms. The van der Waals surface area contributed by atoms with E-state index in [2.05, 4.69) is 36.5 Å². The van der Waals surface area contributed by atoms with Crippen LogP contribution in [0.5, 0.6) is 0 Å². The van der Waals surface area contributed by atoms with E-state index in [0.717, 1.165) is 17.7 Å². The minimum atomic E-state index is -0.352. The topological polar surface area (TPSA) is 12.0 Å². The molecule has 0 aliphatic rings. The Hall–Kier alpha value is -1.03. The number of likely N-dealkylation sites (N-methyl/N-ethyl adjacent to an activating group) is 1. The first-order valence-corrected chi connectivity index (χ1v) is 8.25. The molecule has 1 N–H and O–H groups in total. The maximum atomic E-state index is 13.5. The summed E-state index contributed by atoms with van der Waals surface area (Å²) in [5.41, 5.74) is 2.22. The zero-order chi connectivity index (χ0) is 15.2. The SMILES string of the molecule is CNC(CSc1cccc(C)c1)Cc1ccc(Cl)c(F)c1. The first kappa shape index (κ1) is 16.3. The lowest BCUT2D eigenvalue weighted by Crippen LogP contribution is -2.30. The highest BCUT2D eigenvalue weighted by molar-refractivity contribution is 7.99. The predicted molar refractivity (Wildman–Crippen MR) is 89.9 cm³/mol. The first-order valence-electron chi connectivity index (χ1n) is 6.89. The van der Waals surface area contributed by atoms with Gasteiger partial charge in [0.15, 0.2) is 0 Å². The van der Waals surface area contributed by atoms with E-state index in [-0.39, 0.29) is 16.9 Å². The second kappa shape index (κ2) is 7.83. The lowest BCUT2D eigenvalue weighted by molar-refractivity contribution is 0.603. The van der Waals surface area contributed by atoms with E-state index in [1.165, 1.54) is 16.5 Å². The summed E-state index contributed by atoms with van der Waals surface area (Å²) in [6.45, 7) is 2.09. The third kappa shape index (κ3) is 5.03. The molecule has 2 rings (SSSR count). The standard InChI is InChI=1S/C17H19ClFNS/c1-12-4-3-5-15(8-12)21-11-14(20-2)9-13-6-7-16(18)17(19)10-13/h3-8,10,14,20H,9,11H2,1-2H3. The van der Waals surface area contributed by atoms with Crippen LogP contribution < -0.4 is 5.32 Å². The molecule has 112 valence electrons. The van der Waals surface area contributed by atoms with Crippen LogP contribution in [0.4, 0.5) is 4.39 Å². The van der Waals surface area contributed by atoms with E-state index in [1.807, 2.05) is 24.9 Å². The van der Waals surface area contributed by atoms with Crippen LogP contribution in [0.25, 0.3) is 0 Å². The average molecular weight is 324 g/mol. The highest BCUT2D eigenvalue weighted by Crippen LogP contribution is 2.22. The van der Waals surface area contributed by atoms with Gasteiger partial charge >= 0.3 is 0 Å². The van der Waals surface area contributed by atoms with E-state index < -0.39 is 0 Å². The van der Waals surface area contributed by atoms with Crippen molar-refractivity contribution in [2.75, 3.05) is 12.8 Å². The molecule has 0 saturated carbocycles. The molecule has 1 unspecified atom stereocenters. The predicted octanol–water partition coefficient (Wildman–Crippen LogP) is 4.71. The first-order chi connectivity index (χ1) is 10.1. The Morgan fingerprint density at radius 2 is 2.05 bits per heavy atom. The molecule has 0 radical (unpaired) electrons. The quantitative estimate of drug-likeness (QED) is 0.773. The second-order valence-corrected chi connectivity index (χ2v) is 6.57. The zero-order valence-electron chi connectivity index (χ0n) is 12.2. The Bertz CT molecular complexity index is 603. The number of halogens is 2. The molecule has 0 aliphatic heterocycles. The number of rotatable bonds is 6. The normalized spacial score (nSPS) is 12.4. The van der Waals surface area contributed by atoms with Crippen LogP contribution in [0.15, 0.2) is 47.4 Å². The fourth-order valence-electron chi connectivity index (χ4n) is 2.10. The zero-order valence-corrected chi connectivity index (χ0v) is 13.8. The monoisotopic (exact) mass is 323 g/mol. The number of hydrogen-bond acceptors (Lipinski definition) is 2. The van der Waals surface area contributed by atoms with Crippen molar-refractivity contribution in [1.29, 1.82) is 0 Å². The summed E-state index contributed by atoms with van der Waals surface area (Å²) in [5.74, 6) is 0.583. The van der Waals surface area contributed by atoms with Crippen LogP contribution in [0.1, 0.15) is 11.1 Å². The van der Waals surface area contributed by atoms with Gasteiger partial charge < -0.3 is 5.32 Å². The van der Waals surface area contributed by atoms with E-state index in [1.54, 1.807) is 6.07 Å². The van der Waals surface area contributed by atoms with Gasteiger partial charge in [0.2, 0.25) is 0 Å². The summed E-state index contributed by atoms with van der Waals surface area (Å²) in [6, 6.07) is 13.8. The smallest absolute Gasteiger partial charge is 0.142 e. The van der Waals surface area contributed by atoms with E-state index >= 15 is 0 Å². The fraction of sp³-hybridized carbons (Fsp3) is 0.294.